The molecule has 0 saturated carbocycles. The molecule has 2 fully saturated rings. The number of hydrogen-bond acceptors (Lipinski definition) is 6. The van der Waals surface area contributed by atoms with Gasteiger partial charge in [0.25, 0.3) is 5.91 Å². The fourth-order valence-electron chi connectivity index (χ4n) is 4.96. The minimum atomic E-state index is -0.117. The summed E-state index contributed by atoms with van der Waals surface area (Å²) in [4.78, 5) is 34.2. The maximum atomic E-state index is 13.2. The molecule has 5 heterocycles. The van der Waals surface area contributed by atoms with Crippen molar-refractivity contribution in [2.24, 2.45) is 0 Å². The number of pyridine rings is 1. The van der Waals surface area contributed by atoms with E-state index in [2.05, 4.69) is 43.0 Å². The number of anilines is 1. The van der Waals surface area contributed by atoms with Gasteiger partial charge in [-0.05, 0) is 24.5 Å². The van der Waals surface area contributed by atoms with Crippen LogP contribution < -0.4 is 4.90 Å². The zero-order valence-corrected chi connectivity index (χ0v) is 18.9. The van der Waals surface area contributed by atoms with Crippen molar-refractivity contribution in [3.8, 4) is 11.1 Å². The molecule has 0 aliphatic carbocycles. The van der Waals surface area contributed by atoms with Crippen LogP contribution in [0.5, 0.6) is 0 Å². The Balaban J connectivity index is 1.26. The number of H-pyrrole nitrogens is 1. The molecule has 2 aliphatic rings. The average Bonchev–Trinajstić information content (AvgIpc) is 3.57. The van der Waals surface area contributed by atoms with Crippen LogP contribution in [0.3, 0.4) is 0 Å². The van der Waals surface area contributed by atoms with E-state index in [1.54, 1.807) is 12.4 Å². The fraction of sp³-hybridized carbons (Fsp3) is 0.308. The van der Waals surface area contributed by atoms with Gasteiger partial charge in [-0.25, -0.2) is 15.0 Å². The number of nitrogens with one attached hydrogen (secondary N) is 1. The van der Waals surface area contributed by atoms with E-state index in [1.807, 2.05) is 35.5 Å². The predicted molar refractivity (Wildman–Crippen MR) is 130 cm³/mol. The molecule has 34 heavy (non-hydrogen) atoms. The summed E-state index contributed by atoms with van der Waals surface area (Å²) >= 11 is 0. The van der Waals surface area contributed by atoms with Crippen molar-refractivity contribution < 1.29 is 9.53 Å². The Morgan fingerprint density at radius 1 is 1.00 bits per heavy atom. The molecule has 8 heteroatoms. The third-order valence-corrected chi connectivity index (χ3v) is 6.75. The topological polar surface area (TPSA) is 87.2 Å². The van der Waals surface area contributed by atoms with Gasteiger partial charge in [0.05, 0.1) is 31.1 Å². The third kappa shape index (κ3) is 3.80. The zero-order chi connectivity index (χ0) is 22.9. The number of benzene rings is 1. The molecule has 8 nitrogen and oxygen atoms in total. The highest BCUT2D eigenvalue weighted by Crippen LogP contribution is 2.33. The molecule has 0 bridgehead atoms. The molecule has 2 saturated heterocycles. The number of amides is 1. The number of morpholine rings is 1. The lowest BCUT2D eigenvalue weighted by molar-refractivity contribution is 0.0723. The quantitative estimate of drug-likeness (QED) is 0.504. The van der Waals surface area contributed by atoms with Crippen LogP contribution >= 0.6 is 0 Å². The van der Waals surface area contributed by atoms with Crippen LogP contribution in [-0.4, -0.2) is 63.6 Å². The number of ether oxygens (including phenoxy) is 1. The summed E-state index contributed by atoms with van der Waals surface area (Å²) in [5.74, 6) is 0.117. The minimum Gasteiger partial charge on any atom is -0.378 e. The number of carbonyl (C=O) groups excluding carboxylic acids is 1. The number of rotatable bonds is 4. The molecule has 0 unspecified atom stereocenters. The first-order valence-electron chi connectivity index (χ1n) is 11.8. The molecule has 2 aliphatic heterocycles. The number of aromatic amines is 1. The Labute approximate surface area is 197 Å². The molecule has 6 rings (SSSR count). The summed E-state index contributed by atoms with van der Waals surface area (Å²) in [6.45, 7) is 3.88. The van der Waals surface area contributed by atoms with Gasteiger partial charge in [-0.1, -0.05) is 30.3 Å². The van der Waals surface area contributed by atoms with E-state index in [0.717, 1.165) is 79.1 Å². The highest BCUT2D eigenvalue weighted by atomic mass is 16.5. The number of likely N-dealkylation sites (tertiary alicyclic amines) is 1. The van der Waals surface area contributed by atoms with Crippen molar-refractivity contribution in [1.82, 2.24) is 24.8 Å². The average molecular weight is 455 g/mol. The second-order valence-corrected chi connectivity index (χ2v) is 8.75. The highest BCUT2D eigenvalue weighted by Gasteiger charge is 2.31. The van der Waals surface area contributed by atoms with Crippen molar-refractivity contribution in [1.29, 1.82) is 0 Å². The summed E-state index contributed by atoms with van der Waals surface area (Å²) in [5.41, 5.74) is 4.87. The fourth-order valence-corrected chi connectivity index (χ4v) is 4.96. The van der Waals surface area contributed by atoms with Crippen molar-refractivity contribution in [3.05, 3.63) is 72.6 Å². The maximum Gasteiger partial charge on any atom is 0.292 e. The summed E-state index contributed by atoms with van der Waals surface area (Å²) in [5, 5.41) is 1.01. The van der Waals surface area contributed by atoms with Gasteiger partial charge in [-0.2, -0.15) is 0 Å². The molecule has 4 aromatic rings. The van der Waals surface area contributed by atoms with Crippen LogP contribution in [0.2, 0.25) is 0 Å². The van der Waals surface area contributed by atoms with Crippen LogP contribution in [0.1, 0.15) is 35.1 Å². The molecule has 3 aromatic heterocycles. The van der Waals surface area contributed by atoms with Gasteiger partial charge in [0.1, 0.15) is 5.65 Å². The molecule has 172 valence electrons. The lowest BCUT2D eigenvalue weighted by Crippen LogP contribution is -2.36. The monoisotopic (exact) mass is 454 g/mol. The Hall–Kier alpha value is -3.78. The van der Waals surface area contributed by atoms with E-state index in [-0.39, 0.29) is 17.8 Å². The Morgan fingerprint density at radius 3 is 2.59 bits per heavy atom. The standard InChI is InChI=1S/C26H26N6O2/c33-26(32-8-4-7-23(32)18-5-2-1-3-6-18)25-27-14-19(15-28-25)22-17-30-24-21(22)13-20(16-29-24)31-9-11-34-12-10-31/h1-3,5-6,13-17,23H,4,7-12H2,(H,29,30)/t23-/m1/s1. The van der Waals surface area contributed by atoms with Crippen LogP contribution in [0, 0.1) is 0 Å². The van der Waals surface area contributed by atoms with E-state index in [1.165, 1.54) is 0 Å². The number of carbonyl (C=O) groups is 1. The predicted octanol–water partition coefficient (Wildman–Crippen LogP) is 3.83. The van der Waals surface area contributed by atoms with E-state index in [9.17, 15) is 4.79 Å². The second-order valence-electron chi connectivity index (χ2n) is 8.75. The molecular weight excluding hydrogens is 428 g/mol. The molecule has 1 atom stereocenters. The van der Waals surface area contributed by atoms with Gasteiger partial charge < -0.3 is 19.5 Å². The Kier molecular flexibility index (Phi) is 5.43. The molecule has 0 radical (unpaired) electrons. The van der Waals surface area contributed by atoms with E-state index in [0.29, 0.717) is 0 Å². The van der Waals surface area contributed by atoms with E-state index >= 15 is 0 Å². The van der Waals surface area contributed by atoms with Crippen LogP contribution in [0.4, 0.5) is 5.69 Å². The van der Waals surface area contributed by atoms with Crippen LogP contribution in [0.25, 0.3) is 22.2 Å². The Bertz CT molecular complexity index is 1300. The SMILES string of the molecule is O=C(c1ncc(-c2c[nH]c3ncc(N4CCOCC4)cc23)cn1)N1CCC[C@@H]1c1ccccc1. The third-order valence-electron chi connectivity index (χ3n) is 6.75. The summed E-state index contributed by atoms with van der Waals surface area (Å²) in [6, 6.07) is 12.4. The largest absolute Gasteiger partial charge is 0.378 e. The summed E-state index contributed by atoms with van der Waals surface area (Å²) in [7, 11) is 0. The van der Waals surface area contributed by atoms with Crippen molar-refractivity contribution in [2.45, 2.75) is 18.9 Å². The summed E-state index contributed by atoms with van der Waals surface area (Å²) in [6.07, 6.45) is 9.23. The summed E-state index contributed by atoms with van der Waals surface area (Å²) < 4.78 is 5.47. The molecule has 0 spiro atoms. The normalized spacial score (nSPS) is 18.5. The number of aromatic nitrogens is 4. The van der Waals surface area contributed by atoms with Gasteiger partial charge in [-0.15, -0.1) is 0 Å². The first-order chi connectivity index (χ1) is 16.8. The van der Waals surface area contributed by atoms with E-state index < -0.39 is 0 Å². The number of hydrogen-bond donors (Lipinski definition) is 1. The first-order valence-corrected chi connectivity index (χ1v) is 11.8. The van der Waals surface area contributed by atoms with Crippen LogP contribution in [-0.2, 0) is 4.74 Å². The molecule has 1 N–H and O–H groups in total. The maximum absolute atomic E-state index is 13.2. The van der Waals surface area contributed by atoms with Crippen molar-refractivity contribution >= 4 is 22.6 Å². The lowest BCUT2D eigenvalue weighted by atomic mass is 10.0. The molecule has 1 aromatic carbocycles. The minimum absolute atomic E-state index is 0.0790. The van der Waals surface area contributed by atoms with Gasteiger partial charge in [0.15, 0.2) is 0 Å². The van der Waals surface area contributed by atoms with Gasteiger partial charge in [0, 0.05) is 54.7 Å². The highest BCUT2D eigenvalue weighted by molar-refractivity contribution is 5.95. The van der Waals surface area contributed by atoms with Crippen molar-refractivity contribution in [3.63, 3.8) is 0 Å². The second kappa shape index (κ2) is 8.87. The van der Waals surface area contributed by atoms with Gasteiger partial charge >= 0.3 is 0 Å². The first kappa shape index (κ1) is 20.8. The lowest BCUT2D eigenvalue weighted by Gasteiger charge is -2.28. The molecular formula is C26H26N6O2. The smallest absolute Gasteiger partial charge is 0.292 e. The van der Waals surface area contributed by atoms with Crippen LogP contribution in [0.15, 0.2) is 61.2 Å². The number of fused-ring (bicyclic) bond motifs is 1. The van der Waals surface area contributed by atoms with Crippen molar-refractivity contribution in [2.75, 3.05) is 37.7 Å². The molecule has 1 amide bonds. The van der Waals surface area contributed by atoms with E-state index in [4.69, 9.17) is 4.74 Å². The zero-order valence-electron chi connectivity index (χ0n) is 18.9. The van der Waals surface area contributed by atoms with Gasteiger partial charge in [0.2, 0.25) is 5.82 Å². The Morgan fingerprint density at radius 2 is 1.79 bits per heavy atom. The van der Waals surface area contributed by atoms with Gasteiger partial charge in [-0.3, -0.25) is 4.79 Å². The number of nitrogens with zero attached hydrogens (tertiary/aromatic N) is 5.